The predicted molar refractivity (Wildman–Crippen MR) is 120 cm³/mol. The second-order valence-electron chi connectivity index (χ2n) is 6.69. The van der Waals surface area contributed by atoms with E-state index in [1.807, 2.05) is 55.5 Å². The number of ether oxygens (including phenoxy) is 2. The molecular formula is C24H25Cl2NO2. The molecule has 0 aromatic heterocycles. The van der Waals surface area contributed by atoms with Gasteiger partial charge in [0.05, 0.1) is 6.61 Å². The van der Waals surface area contributed by atoms with Crippen molar-refractivity contribution in [2.75, 3.05) is 13.2 Å². The fourth-order valence-electron chi connectivity index (χ4n) is 2.95. The number of hydrogen-bond donors (Lipinski definition) is 1. The largest absolute Gasteiger partial charge is 0.490 e. The van der Waals surface area contributed by atoms with Gasteiger partial charge in [-0.15, -0.1) is 0 Å². The maximum absolute atomic E-state index is 6.04. The molecule has 0 atom stereocenters. The first-order valence-electron chi connectivity index (χ1n) is 9.72. The highest BCUT2D eigenvalue weighted by atomic mass is 35.5. The summed E-state index contributed by atoms with van der Waals surface area (Å²) in [5.41, 5.74) is 3.44. The van der Waals surface area contributed by atoms with E-state index in [1.54, 1.807) is 0 Å². The average molecular weight is 430 g/mol. The van der Waals surface area contributed by atoms with Crippen molar-refractivity contribution < 1.29 is 9.47 Å². The van der Waals surface area contributed by atoms with Gasteiger partial charge in [-0.2, -0.15) is 0 Å². The Kier molecular flexibility index (Phi) is 8.24. The van der Waals surface area contributed by atoms with Crippen molar-refractivity contribution in [1.82, 2.24) is 5.32 Å². The third-order valence-corrected chi connectivity index (χ3v) is 4.91. The van der Waals surface area contributed by atoms with Crippen molar-refractivity contribution in [2.24, 2.45) is 0 Å². The van der Waals surface area contributed by atoms with E-state index in [1.165, 1.54) is 5.56 Å². The Labute approximate surface area is 182 Å². The van der Waals surface area contributed by atoms with Gasteiger partial charge in [0.1, 0.15) is 6.61 Å². The first-order valence-corrected chi connectivity index (χ1v) is 10.5. The van der Waals surface area contributed by atoms with Crippen molar-refractivity contribution in [3.05, 3.63) is 93.5 Å². The third-order valence-electron chi connectivity index (χ3n) is 4.42. The lowest BCUT2D eigenvalue weighted by Gasteiger charge is -2.14. The smallest absolute Gasteiger partial charge is 0.161 e. The maximum atomic E-state index is 6.04. The molecule has 0 heterocycles. The first-order chi connectivity index (χ1) is 14.1. The van der Waals surface area contributed by atoms with Crippen LogP contribution < -0.4 is 14.8 Å². The average Bonchev–Trinajstić information content (AvgIpc) is 2.72. The van der Waals surface area contributed by atoms with Gasteiger partial charge in [0.2, 0.25) is 0 Å². The van der Waals surface area contributed by atoms with Crippen LogP contribution in [-0.2, 0) is 19.6 Å². The second kappa shape index (κ2) is 11.1. The van der Waals surface area contributed by atoms with Crippen molar-refractivity contribution in [3.8, 4) is 11.5 Å². The van der Waals surface area contributed by atoms with Crippen LogP contribution in [0.25, 0.3) is 0 Å². The van der Waals surface area contributed by atoms with Crippen LogP contribution in [0.3, 0.4) is 0 Å². The van der Waals surface area contributed by atoms with E-state index in [9.17, 15) is 0 Å². The summed E-state index contributed by atoms with van der Waals surface area (Å²) in [5.74, 6) is 1.49. The van der Waals surface area contributed by atoms with Crippen molar-refractivity contribution in [2.45, 2.75) is 26.5 Å². The van der Waals surface area contributed by atoms with E-state index in [4.69, 9.17) is 32.7 Å². The molecule has 0 amide bonds. The summed E-state index contributed by atoms with van der Waals surface area (Å²) >= 11 is 12.0. The van der Waals surface area contributed by atoms with E-state index < -0.39 is 0 Å². The Morgan fingerprint density at radius 2 is 1.55 bits per heavy atom. The van der Waals surface area contributed by atoms with Gasteiger partial charge in [0, 0.05) is 16.6 Å². The minimum Gasteiger partial charge on any atom is -0.490 e. The van der Waals surface area contributed by atoms with Gasteiger partial charge in [-0.3, -0.25) is 0 Å². The molecule has 0 bridgehead atoms. The Hall–Kier alpha value is -2.20. The van der Waals surface area contributed by atoms with Gasteiger partial charge in [-0.05, 0) is 73.0 Å². The minimum absolute atomic E-state index is 0.444. The van der Waals surface area contributed by atoms with Crippen LogP contribution >= 0.6 is 23.2 Å². The molecule has 1 N–H and O–H groups in total. The molecule has 0 saturated carbocycles. The second-order valence-corrected chi connectivity index (χ2v) is 7.56. The van der Waals surface area contributed by atoms with Gasteiger partial charge in [-0.25, -0.2) is 0 Å². The van der Waals surface area contributed by atoms with Crippen LogP contribution in [-0.4, -0.2) is 13.2 Å². The summed E-state index contributed by atoms with van der Waals surface area (Å²) in [4.78, 5) is 0. The molecule has 0 aliphatic carbocycles. The van der Waals surface area contributed by atoms with E-state index in [-0.39, 0.29) is 0 Å². The molecule has 0 spiro atoms. The van der Waals surface area contributed by atoms with Crippen molar-refractivity contribution in [3.63, 3.8) is 0 Å². The zero-order valence-corrected chi connectivity index (χ0v) is 18.0. The number of halogens is 2. The van der Waals surface area contributed by atoms with Gasteiger partial charge in [0.25, 0.3) is 0 Å². The molecule has 3 rings (SSSR count). The van der Waals surface area contributed by atoms with E-state index >= 15 is 0 Å². The van der Waals surface area contributed by atoms with Crippen LogP contribution in [0, 0.1) is 0 Å². The van der Waals surface area contributed by atoms with Crippen LogP contribution in [0.4, 0.5) is 0 Å². The Morgan fingerprint density at radius 3 is 2.31 bits per heavy atom. The maximum Gasteiger partial charge on any atom is 0.161 e. The topological polar surface area (TPSA) is 30.5 Å². The number of rotatable bonds is 10. The first kappa shape index (κ1) is 21.5. The third kappa shape index (κ3) is 6.97. The summed E-state index contributed by atoms with van der Waals surface area (Å²) < 4.78 is 11.7. The lowest BCUT2D eigenvalue weighted by Crippen LogP contribution is -2.16. The monoisotopic (exact) mass is 429 g/mol. The minimum atomic E-state index is 0.444. The van der Waals surface area contributed by atoms with E-state index in [2.05, 4.69) is 23.5 Å². The Morgan fingerprint density at radius 1 is 0.759 bits per heavy atom. The standard InChI is InChI=1S/C24H25Cl2NO2/c1-2-28-24-15-19(16-27-13-12-18-6-9-21(25)10-7-18)8-11-23(24)29-17-20-4-3-5-22(26)14-20/h3-11,14-15,27H,2,12-13,16-17H2,1H3. The lowest BCUT2D eigenvalue weighted by molar-refractivity contribution is 0.269. The molecule has 0 aliphatic rings. The van der Waals surface area contributed by atoms with Gasteiger partial charge in [-0.1, -0.05) is 53.5 Å². The molecule has 0 unspecified atom stereocenters. The van der Waals surface area contributed by atoms with E-state index in [0.29, 0.717) is 18.2 Å². The molecule has 5 heteroatoms. The lowest BCUT2D eigenvalue weighted by atomic mass is 10.1. The Bertz CT molecular complexity index is 913. The van der Waals surface area contributed by atoms with Crippen molar-refractivity contribution >= 4 is 23.2 Å². The molecular weight excluding hydrogens is 405 g/mol. The molecule has 0 saturated heterocycles. The summed E-state index contributed by atoms with van der Waals surface area (Å²) in [6.45, 7) is 4.65. The summed E-state index contributed by atoms with van der Waals surface area (Å²) in [5, 5.41) is 4.94. The molecule has 152 valence electrons. The van der Waals surface area contributed by atoms with Gasteiger partial charge < -0.3 is 14.8 Å². The number of nitrogens with one attached hydrogen (secondary N) is 1. The number of benzene rings is 3. The number of hydrogen-bond acceptors (Lipinski definition) is 3. The highest BCUT2D eigenvalue weighted by Gasteiger charge is 2.07. The quantitative estimate of drug-likeness (QED) is 0.383. The zero-order chi connectivity index (χ0) is 20.5. The summed E-state index contributed by atoms with van der Waals surface area (Å²) in [7, 11) is 0. The molecule has 3 aromatic rings. The van der Waals surface area contributed by atoms with Gasteiger partial charge in [0.15, 0.2) is 11.5 Å². The molecule has 0 radical (unpaired) electrons. The fourth-order valence-corrected chi connectivity index (χ4v) is 3.29. The molecule has 0 aliphatic heterocycles. The van der Waals surface area contributed by atoms with Crippen LogP contribution in [0.2, 0.25) is 10.0 Å². The zero-order valence-electron chi connectivity index (χ0n) is 16.5. The van der Waals surface area contributed by atoms with Crippen LogP contribution in [0.1, 0.15) is 23.6 Å². The van der Waals surface area contributed by atoms with Crippen LogP contribution in [0.5, 0.6) is 11.5 Å². The summed E-state index contributed by atoms with van der Waals surface area (Å²) in [6, 6.07) is 21.7. The molecule has 3 nitrogen and oxygen atoms in total. The Balaban J connectivity index is 1.54. The van der Waals surface area contributed by atoms with E-state index in [0.717, 1.165) is 47.2 Å². The highest BCUT2D eigenvalue weighted by molar-refractivity contribution is 6.30. The normalized spacial score (nSPS) is 10.7. The molecule has 29 heavy (non-hydrogen) atoms. The fraction of sp³-hybridized carbons (Fsp3) is 0.250. The summed E-state index contributed by atoms with van der Waals surface area (Å²) in [6.07, 6.45) is 0.955. The molecule has 0 fully saturated rings. The predicted octanol–water partition coefficient (Wildman–Crippen LogP) is 6.30. The molecule has 3 aromatic carbocycles. The van der Waals surface area contributed by atoms with Crippen LogP contribution in [0.15, 0.2) is 66.7 Å². The van der Waals surface area contributed by atoms with Crippen molar-refractivity contribution in [1.29, 1.82) is 0 Å². The SMILES string of the molecule is CCOc1cc(CNCCc2ccc(Cl)cc2)ccc1OCc1cccc(Cl)c1. The van der Waals surface area contributed by atoms with Gasteiger partial charge >= 0.3 is 0 Å². The highest BCUT2D eigenvalue weighted by Crippen LogP contribution is 2.29.